The molecule has 2 aliphatic rings. The van der Waals surface area contributed by atoms with Crippen molar-refractivity contribution < 1.29 is 22.3 Å². The van der Waals surface area contributed by atoms with Gasteiger partial charge < -0.3 is 4.74 Å². The molecule has 2 fully saturated rings. The maximum Gasteiger partial charge on any atom is 0.386 e. The van der Waals surface area contributed by atoms with E-state index in [0.717, 1.165) is 31.2 Å². The lowest BCUT2D eigenvalue weighted by atomic mass is 9.70. The van der Waals surface area contributed by atoms with Crippen molar-refractivity contribution >= 4 is 0 Å². The fourth-order valence-corrected chi connectivity index (χ4v) is 5.17. The molecular formula is C24H32F4O. The van der Waals surface area contributed by atoms with E-state index in [2.05, 4.69) is 6.58 Å². The number of hydrogen-bond donors (Lipinski definition) is 0. The summed E-state index contributed by atoms with van der Waals surface area (Å²) >= 11 is 0. The van der Waals surface area contributed by atoms with Gasteiger partial charge in [0.25, 0.3) is 0 Å². The minimum Gasteiger partial charge on any atom is -0.313 e. The van der Waals surface area contributed by atoms with E-state index >= 15 is 0 Å². The first-order chi connectivity index (χ1) is 13.9. The highest BCUT2D eigenvalue weighted by Gasteiger charge is 2.41. The molecule has 0 N–H and O–H groups in total. The predicted molar refractivity (Wildman–Crippen MR) is 107 cm³/mol. The molecule has 0 spiro atoms. The van der Waals surface area contributed by atoms with E-state index in [1.54, 1.807) is 6.92 Å². The molecule has 0 atom stereocenters. The quantitative estimate of drug-likeness (QED) is 0.332. The van der Waals surface area contributed by atoms with Crippen LogP contribution in [0.1, 0.15) is 75.8 Å². The highest BCUT2D eigenvalue weighted by molar-refractivity contribution is 5.28. The first-order valence-electron chi connectivity index (χ1n) is 11.0. The van der Waals surface area contributed by atoms with Crippen LogP contribution in [0.15, 0.2) is 24.8 Å². The zero-order valence-corrected chi connectivity index (χ0v) is 17.2. The molecule has 0 saturated heterocycles. The molecule has 0 amide bonds. The first kappa shape index (κ1) is 22.3. The van der Waals surface area contributed by atoms with Crippen molar-refractivity contribution in [3.8, 4) is 0 Å². The van der Waals surface area contributed by atoms with Crippen LogP contribution < -0.4 is 0 Å². The monoisotopic (exact) mass is 412 g/mol. The van der Waals surface area contributed by atoms with Gasteiger partial charge in [0.2, 0.25) is 0 Å². The molecule has 2 aliphatic carbocycles. The number of hydrogen-bond acceptors (Lipinski definition) is 1. The molecule has 0 bridgehead atoms. The number of ether oxygens (including phenoxy) is 1. The molecule has 1 aromatic rings. The number of alkyl halides is 2. The van der Waals surface area contributed by atoms with Crippen LogP contribution in [0, 0.1) is 29.4 Å². The largest absolute Gasteiger partial charge is 0.386 e. The van der Waals surface area contributed by atoms with E-state index < -0.39 is 29.4 Å². The fourth-order valence-electron chi connectivity index (χ4n) is 5.17. The second-order valence-corrected chi connectivity index (χ2v) is 8.73. The summed E-state index contributed by atoms with van der Waals surface area (Å²) in [6, 6.07) is 2.16. The lowest BCUT2D eigenvalue weighted by Crippen LogP contribution is -2.33. The summed E-state index contributed by atoms with van der Waals surface area (Å²) in [7, 11) is 0. The van der Waals surface area contributed by atoms with Crippen LogP contribution in [0.5, 0.6) is 0 Å². The molecule has 1 aromatic carbocycles. The van der Waals surface area contributed by atoms with Gasteiger partial charge in [-0.15, -0.1) is 6.58 Å². The van der Waals surface area contributed by atoms with Crippen LogP contribution in [0.4, 0.5) is 17.6 Å². The number of rotatable bonds is 7. The third-order valence-electron chi connectivity index (χ3n) is 6.95. The second-order valence-electron chi connectivity index (χ2n) is 8.73. The zero-order valence-electron chi connectivity index (χ0n) is 17.2. The lowest BCUT2D eigenvalue weighted by molar-refractivity contribution is -0.280. The van der Waals surface area contributed by atoms with E-state index in [1.165, 1.54) is 31.7 Å². The van der Waals surface area contributed by atoms with Gasteiger partial charge in [-0.1, -0.05) is 19.1 Å². The summed E-state index contributed by atoms with van der Waals surface area (Å²) in [4.78, 5) is 0. The Labute approximate surface area is 171 Å². The van der Waals surface area contributed by atoms with Gasteiger partial charge in [-0.2, -0.15) is 8.78 Å². The van der Waals surface area contributed by atoms with Crippen molar-refractivity contribution in [3.05, 3.63) is 47.5 Å². The van der Waals surface area contributed by atoms with Gasteiger partial charge in [-0.3, -0.25) is 0 Å². The number of allylic oxidation sites excluding steroid dienone is 1. The van der Waals surface area contributed by atoms with Crippen LogP contribution in [0.2, 0.25) is 0 Å². The summed E-state index contributed by atoms with van der Waals surface area (Å²) in [6.07, 6.45) is 6.57. The molecule has 0 aliphatic heterocycles. The first-order valence-corrected chi connectivity index (χ1v) is 11.0. The second kappa shape index (κ2) is 9.63. The van der Waals surface area contributed by atoms with Crippen molar-refractivity contribution in [1.82, 2.24) is 0 Å². The highest BCUT2D eigenvalue weighted by atomic mass is 19.3. The molecular weight excluding hydrogens is 380 g/mol. The fraction of sp³-hybridized carbons (Fsp3) is 0.667. The van der Waals surface area contributed by atoms with Crippen LogP contribution in [0.3, 0.4) is 0 Å². The average molecular weight is 413 g/mol. The van der Waals surface area contributed by atoms with Crippen LogP contribution in [0.25, 0.3) is 0 Å². The van der Waals surface area contributed by atoms with E-state index in [4.69, 9.17) is 4.74 Å². The Morgan fingerprint density at radius 2 is 1.55 bits per heavy atom. The van der Waals surface area contributed by atoms with Gasteiger partial charge >= 0.3 is 6.11 Å². The van der Waals surface area contributed by atoms with Crippen molar-refractivity contribution in [2.75, 3.05) is 0 Å². The van der Waals surface area contributed by atoms with E-state index in [-0.39, 0.29) is 12.0 Å². The van der Waals surface area contributed by atoms with Gasteiger partial charge in [0, 0.05) is 0 Å². The van der Waals surface area contributed by atoms with Crippen molar-refractivity contribution in [2.45, 2.75) is 83.3 Å². The minimum absolute atomic E-state index is 0.0883. The van der Waals surface area contributed by atoms with Crippen molar-refractivity contribution in [1.29, 1.82) is 0 Å². The Morgan fingerprint density at radius 3 is 2.10 bits per heavy atom. The maximum atomic E-state index is 14.5. The Kier molecular flexibility index (Phi) is 7.42. The van der Waals surface area contributed by atoms with E-state index in [9.17, 15) is 17.6 Å². The molecule has 3 rings (SSSR count). The Hall–Kier alpha value is -1.36. The van der Waals surface area contributed by atoms with Crippen LogP contribution >= 0.6 is 0 Å². The number of halogens is 4. The normalized spacial score (nSPS) is 28.3. The van der Waals surface area contributed by atoms with Crippen LogP contribution in [-0.4, -0.2) is 6.10 Å². The third-order valence-corrected chi connectivity index (χ3v) is 6.95. The summed E-state index contributed by atoms with van der Waals surface area (Å²) in [5, 5.41) is 0. The third kappa shape index (κ3) is 5.22. The Bertz CT molecular complexity index is 686. The summed E-state index contributed by atoms with van der Waals surface area (Å²) < 4.78 is 62.2. The minimum atomic E-state index is -3.82. The molecule has 0 aromatic heterocycles. The van der Waals surface area contributed by atoms with Gasteiger partial charge in [0.15, 0.2) is 11.6 Å². The van der Waals surface area contributed by atoms with E-state index in [0.29, 0.717) is 24.7 Å². The Balaban J connectivity index is 1.54. The number of benzene rings is 1. The number of aryl methyl sites for hydroxylation is 1. The van der Waals surface area contributed by atoms with Crippen molar-refractivity contribution in [2.24, 2.45) is 17.8 Å². The molecule has 29 heavy (non-hydrogen) atoms. The molecule has 0 heterocycles. The predicted octanol–water partition coefficient (Wildman–Crippen LogP) is 7.53. The molecule has 162 valence electrons. The van der Waals surface area contributed by atoms with E-state index in [1.807, 2.05) is 6.08 Å². The standard InChI is InChI=1S/C24H32F4O/c1-3-5-16-6-8-18(9-7-16)19-10-13-20(14-11-19)29-24(27,28)21-15-12-17(4-2)22(25)23(21)26/h3,12,15-16,18-20H,1,4-11,13-14H2,2H3. The molecule has 2 saturated carbocycles. The SMILES string of the molecule is C=CCC1CCC(C2CCC(OC(F)(F)c3ccc(CC)c(F)c3F)CC2)CC1. The van der Waals surface area contributed by atoms with Gasteiger partial charge in [-0.25, -0.2) is 8.78 Å². The van der Waals surface area contributed by atoms with Gasteiger partial charge in [-0.05, 0) is 93.6 Å². The summed E-state index contributed by atoms with van der Waals surface area (Å²) in [5.74, 6) is -0.725. The molecule has 0 unspecified atom stereocenters. The molecule has 5 heteroatoms. The highest BCUT2D eigenvalue weighted by Crippen LogP contribution is 2.43. The van der Waals surface area contributed by atoms with Crippen LogP contribution in [-0.2, 0) is 17.3 Å². The van der Waals surface area contributed by atoms with Crippen molar-refractivity contribution in [3.63, 3.8) is 0 Å². The summed E-state index contributed by atoms with van der Waals surface area (Å²) in [6.45, 7) is 5.47. The topological polar surface area (TPSA) is 9.23 Å². The lowest BCUT2D eigenvalue weighted by Gasteiger charge is -2.38. The molecule has 0 radical (unpaired) electrons. The molecule has 1 nitrogen and oxygen atoms in total. The smallest absolute Gasteiger partial charge is 0.313 e. The maximum absolute atomic E-state index is 14.5. The summed E-state index contributed by atoms with van der Waals surface area (Å²) in [5.41, 5.74) is -0.916. The Morgan fingerprint density at radius 1 is 0.966 bits per heavy atom. The van der Waals surface area contributed by atoms with Gasteiger partial charge in [0.1, 0.15) is 0 Å². The van der Waals surface area contributed by atoms with Gasteiger partial charge in [0.05, 0.1) is 11.7 Å². The average Bonchev–Trinajstić information content (AvgIpc) is 2.71. The zero-order chi connectivity index (χ0) is 21.0.